The Bertz CT molecular complexity index is 530. The van der Waals surface area contributed by atoms with Crippen LogP contribution in [-0.2, 0) is 0 Å². The van der Waals surface area contributed by atoms with Gasteiger partial charge < -0.3 is 4.90 Å². The summed E-state index contributed by atoms with van der Waals surface area (Å²) in [7, 11) is 0. The van der Waals surface area contributed by atoms with Crippen LogP contribution in [0.4, 0.5) is 0 Å². The molecule has 0 N–H and O–H groups in total. The van der Waals surface area contributed by atoms with Crippen LogP contribution in [0, 0.1) is 35.0 Å². The molecular formula is C24H39N. The SMILES string of the molecule is CCC1=CCC2C3CCC4CC(N5CCCC5)CCC4C3CCC12C. The predicted octanol–water partition coefficient (Wildman–Crippen LogP) is 6.05. The van der Waals surface area contributed by atoms with E-state index >= 15 is 0 Å². The molecule has 1 aliphatic heterocycles. The van der Waals surface area contributed by atoms with E-state index in [1.807, 2.05) is 5.57 Å². The van der Waals surface area contributed by atoms with Crippen molar-refractivity contribution < 1.29 is 0 Å². The zero-order valence-electron chi connectivity index (χ0n) is 16.7. The maximum absolute atomic E-state index is 2.86. The second-order valence-corrected chi connectivity index (χ2v) is 10.4. The Morgan fingerprint density at radius 1 is 1.00 bits per heavy atom. The molecule has 0 bridgehead atoms. The topological polar surface area (TPSA) is 3.24 Å². The fourth-order valence-electron chi connectivity index (χ4n) is 8.47. The van der Waals surface area contributed by atoms with Crippen LogP contribution in [-0.4, -0.2) is 24.0 Å². The molecule has 1 heteroatoms. The van der Waals surface area contributed by atoms with Crippen molar-refractivity contribution in [3.63, 3.8) is 0 Å². The van der Waals surface area contributed by atoms with Crippen LogP contribution in [0.3, 0.4) is 0 Å². The van der Waals surface area contributed by atoms with E-state index in [1.54, 1.807) is 32.1 Å². The van der Waals surface area contributed by atoms with E-state index in [0.717, 1.165) is 35.6 Å². The number of likely N-dealkylation sites (tertiary alicyclic amines) is 1. The molecule has 4 aliphatic carbocycles. The molecule has 0 aromatic carbocycles. The molecule has 0 aromatic heterocycles. The third-order valence-corrected chi connectivity index (χ3v) is 9.71. The standard InChI is InChI=1S/C24H39N/c1-3-18-7-11-23-22-9-6-17-16-19(25-14-4-5-15-25)8-10-20(17)21(22)12-13-24(18,23)2/h7,17,19-23H,3-6,8-16H2,1-2H3. The summed E-state index contributed by atoms with van der Waals surface area (Å²) in [5, 5.41) is 0. The van der Waals surface area contributed by atoms with Crippen LogP contribution < -0.4 is 0 Å². The van der Waals surface area contributed by atoms with E-state index in [0.29, 0.717) is 5.41 Å². The fraction of sp³-hybridized carbons (Fsp3) is 0.917. The number of fused-ring (bicyclic) bond motifs is 5. The summed E-state index contributed by atoms with van der Waals surface area (Å²) < 4.78 is 0. The minimum absolute atomic E-state index is 0.579. The summed E-state index contributed by atoms with van der Waals surface area (Å²) >= 11 is 0. The molecule has 0 aromatic rings. The first kappa shape index (κ1) is 16.8. The minimum Gasteiger partial charge on any atom is -0.300 e. The van der Waals surface area contributed by atoms with Gasteiger partial charge in [-0.3, -0.25) is 0 Å². The van der Waals surface area contributed by atoms with Crippen LogP contribution >= 0.6 is 0 Å². The number of hydrogen-bond donors (Lipinski definition) is 0. The summed E-state index contributed by atoms with van der Waals surface area (Å²) in [6.45, 7) is 7.83. The first-order valence-corrected chi connectivity index (χ1v) is 11.6. The van der Waals surface area contributed by atoms with E-state index in [-0.39, 0.29) is 0 Å². The minimum atomic E-state index is 0.579. The molecule has 1 saturated heterocycles. The summed E-state index contributed by atoms with van der Waals surface area (Å²) in [5.41, 5.74) is 2.39. The largest absolute Gasteiger partial charge is 0.300 e. The van der Waals surface area contributed by atoms with E-state index in [4.69, 9.17) is 0 Å². The van der Waals surface area contributed by atoms with Crippen molar-refractivity contribution in [1.29, 1.82) is 0 Å². The maximum atomic E-state index is 2.86. The molecule has 5 aliphatic rings. The second kappa shape index (κ2) is 6.39. The van der Waals surface area contributed by atoms with Gasteiger partial charge in [0.1, 0.15) is 0 Å². The monoisotopic (exact) mass is 341 g/mol. The highest BCUT2D eigenvalue weighted by Crippen LogP contribution is 2.63. The average Bonchev–Trinajstić information content (AvgIpc) is 3.28. The van der Waals surface area contributed by atoms with Gasteiger partial charge in [-0.25, -0.2) is 0 Å². The van der Waals surface area contributed by atoms with Gasteiger partial charge >= 0.3 is 0 Å². The molecule has 3 saturated carbocycles. The lowest BCUT2D eigenvalue weighted by Gasteiger charge is -2.56. The zero-order valence-corrected chi connectivity index (χ0v) is 16.7. The van der Waals surface area contributed by atoms with Crippen LogP contribution in [0.2, 0.25) is 0 Å². The Morgan fingerprint density at radius 3 is 2.60 bits per heavy atom. The van der Waals surface area contributed by atoms with Gasteiger partial charge in [-0.1, -0.05) is 25.5 Å². The Labute approximate surface area is 155 Å². The lowest BCUT2D eigenvalue weighted by atomic mass is 9.49. The van der Waals surface area contributed by atoms with Gasteiger partial charge in [0.15, 0.2) is 0 Å². The summed E-state index contributed by atoms with van der Waals surface area (Å²) in [5.74, 6) is 5.31. The number of hydrogen-bond acceptors (Lipinski definition) is 1. The van der Waals surface area contributed by atoms with Crippen molar-refractivity contribution in [2.24, 2.45) is 35.0 Å². The van der Waals surface area contributed by atoms with Crippen molar-refractivity contribution in [2.75, 3.05) is 13.1 Å². The number of allylic oxidation sites excluding steroid dienone is 2. The first-order chi connectivity index (χ1) is 12.2. The normalized spacial score (nSPS) is 50.1. The quantitative estimate of drug-likeness (QED) is 0.553. The van der Waals surface area contributed by atoms with Crippen molar-refractivity contribution in [3.05, 3.63) is 11.6 Å². The Balaban J connectivity index is 1.30. The van der Waals surface area contributed by atoms with Crippen LogP contribution in [0.1, 0.15) is 84.5 Å². The van der Waals surface area contributed by atoms with Crippen molar-refractivity contribution in [2.45, 2.75) is 90.5 Å². The number of nitrogens with zero attached hydrogens (tertiary/aromatic N) is 1. The molecule has 25 heavy (non-hydrogen) atoms. The highest BCUT2D eigenvalue weighted by molar-refractivity contribution is 5.24. The van der Waals surface area contributed by atoms with Gasteiger partial charge in [-0.15, -0.1) is 0 Å². The molecule has 5 rings (SSSR count). The van der Waals surface area contributed by atoms with E-state index in [2.05, 4.69) is 24.8 Å². The predicted molar refractivity (Wildman–Crippen MR) is 105 cm³/mol. The van der Waals surface area contributed by atoms with Crippen molar-refractivity contribution in [1.82, 2.24) is 4.90 Å². The van der Waals surface area contributed by atoms with Gasteiger partial charge in [0, 0.05) is 6.04 Å². The van der Waals surface area contributed by atoms with E-state index in [9.17, 15) is 0 Å². The molecule has 0 spiro atoms. The molecule has 0 amide bonds. The highest BCUT2D eigenvalue weighted by Gasteiger charge is 2.54. The lowest BCUT2D eigenvalue weighted by Crippen LogP contribution is -2.50. The molecule has 0 radical (unpaired) electrons. The Morgan fingerprint density at radius 2 is 1.80 bits per heavy atom. The van der Waals surface area contributed by atoms with E-state index < -0.39 is 0 Å². The average molecular weight is 342 g/mol. The Kier molecular flexibility index (Phi) is 4.31. The first-order valence-electron chi connectivity index (χ1n) is 11.6. The van der Waals surface area contributed by atoms with Crippen molar-refractivity contribution in [3.8, 4) is 0 Å². The third-order valence-electron chi connectivity index (χ3n) is 9.71. The molecule has 1 nitrogen and oxygen atoms in total. The van der Waals surface area contributed by atoms with Gasteiger partial charge in [-0.05, 0) is 119 Å². The molecule has 4 fully saturated rings. The maximum Gasteiger partial charge on any atom is 0.00981 e. The molecule has 140 valence electrons. The highest BCUT2D eigenvalue weighted by atomic mass is 15.2. The summed E-state index contributed by atoms with van der Waals surface area (Å²) in [6.07, 6.45) is 19.1. The fourth-order valence-corrected chi connectivity index (χ4v) is 8.47. The molecular weight excluding hydrogens is 302 g/mol. The van der Waals surface area contributed by atoms with Crippen molar-refractivity contribution >= 4 is 0 Å². The zero-order chi connectivity index (χ0) is 17.0. The molecule has 1 heterocycles. The van der Waals surface area contributed by atoms with Crippen LogP contribution in [0.5, 0.6) is 0 Å². The summed E-state index contributed by atoms with van der Waals surface area (Å²) in [4.78, 5) is 2.86. The van der Waals surface area contributed by atoms with E-state index in [1.165, 1.54) is 51.6 Å². The summed E-state index contributed by atoms with van der Waals surface area (Å²) in [6, 6.07) is 0.953. The molecule has 7 atom stereocenters. The Hall–Kier alpha value is -0.300. The van der Waals surface area contributed by atoms with Gasteiger partial charge in [0.2, 0.25) is 0 Å². The third kappa shape index (κ3) is 2.59. The lowest BCUT2D eigenvalue weighted by molar-refractivity contribution is -0.0550. The smallest absolute Gasteiger partial charge is 0.00981 e. The molecule has 7 unspecified atom stereocenters. The second-order valence-electron chi connectivity index (χ2n) is 10.4. The van der Waals surface area contributed by atoms with Gasteiger partial charge in [0.25, 0.3) is 0 Å². The van der Waals surface area contributed by atoms with Crippen LogP contribution in [0.25, 0.3) is 0 Å². The van der Waals surface area contributed by atoms with Gasteiger partial charge in [-0.2, -0.15) is 0 Å². The van der Waals surface area contributed by atoms with Crippen LogP contribution in [0.15, 0.2) is 11.6 Å². The number of rotatable bonds is 2. The van der Waals surface area contributed by atoms with Gasteiger partial charge in [0.05, 0.1) is 0 Å².